The van der Waals surface area contributed by atoms with E-state index in [4.69, 9.17) is 10.2 Å². The Morgan fingerprint density at radius 2 is 1.96 bits per heavy atom. The standard InChI is InChI=1S/C17H23N3O4/c1-3-19(6-8-21)13-4-5-14(12(2)10-13)18-15-11-16(23)20(7-9-22)17(15)24/h4-5,10-11,18,21-22H,3,6-9H2,1-2H3. The molecule has 1 aliphatic rings. The highest BCUT2D eigenvalue weighted by molar-refractivity contribution is 6.17. The number of nitrogens with zero attached hydrogens (tertiary/aromatic N) is 2. The molecule has 2 amide bonds. The van der Waals surface area contributed by atoms with Gasteiger partial charge in [0.2, 0.25) is 0 Å². The summed E-state index contributed by atoms with van der Waals surface area (Å²) in [5.74, 6) is -0.862. The van der Waals surface area contributed by atoms with E-state index >= 15 is 0 Å². The van der Waals surface area contributed by atoms with Crippen molar-refractivity contribution >= 4 is 23.2 Å². The van der Waals surface area contributed by atoms with Crippen molar-refractivity contribution in [2.75, 3.05) is 43.1 Å². The summed E-state index contributed by atoms with van der Waals surface area (Å²) in [5.41, 5.74) is 2.84. The molecular weight excluding hydrogens is 310 g/mol. The number of carbonyl (C=O) groups excluding carboxylic acids is 2. The average Bonchev–Trinajstić information content (AvgIpc) is 2.82. The maximum atomic E-state index is 12.2. The molecule has 0 saturated carbocycles. The van der Waals surface area contributed by atoms with Gasteiger partial charge >= 0.3 is 0 Å². The van der Waals surface area contributed by atoms with E-state index in [0.29, 0.717) is 6.54 Å². The number of hydrogen-bond acceptors (Lipinski definition) is 6. The number of likely N-dealkylation sites (N-methyl/N-ethyl adjacent to an activating group) is 1. The Bertz CT molecular complexity index is 657. The van der Waals surface area contributed by atoms with E-state index < -0.39 is 11.8 Å². The van der Waals surface area contributed by atoms with E-state index in [-0.39, 0.29) is 25.5 Å². The number of imide groups is 1. The third kappa shape index (κ3) is 3.74. The van der Waals surface area contributed by atoms with Crippen LogP contribution < -0.4 is 10.2 Å². The smallest absolute Gasteiger partial charge is 0.277 e. The molecule has 1 aromatic carbocycles. The molecule has 0 aliphatic carbocycles. The third-order valence-electron chi connectivity index (χ3n) is 3.93. The molecule has 3 N–H and O–H groups in total. The van der Waals surface area contributed by atoms with Gasteiger partial charge in [-0.15, -0.1) is 0 Å². The van der Waals surface area contributed by atoms with Crippen LogP contribution in [0.5, 0.6) is 0 Å². The zero-order chi connectivity index (χ0) is 17.7. The van der Waals surface area contributed by atoms with Crippen LogP contribution >= 0.6 is 0 Å². The zero-order valence-electron chi connectivity index (χ0n) is 14.0. The molecule has 1 heterocycles. The first-order valence-corrected chi connectivity index (χ1v) is 7.93. The first-order chi connectivity index (χ1) is 11.5. The number of aliphatic hydroxyl groups is 2. The summed E-state index contributed by atoms with van der Waals surface area (Å²) in [6, 6.07) is 5.72. The van der Waals surface area contributed by atoms with Crippen molar-refractivity contribution in [2.24, 2.45) is 0 Å². The summed E-state index contributed by atoms with van der Waals surface area (Å²) in [6.45, 7) is 5.06. The average molecular weight is 333 g/mol. The van der Waals surface area contributed by atoms with Gasteiger partial charge in [-0.25, -0.2) is 0 Å². The van der Waals surface area contributed by atoms with Gasteiger partial charge in [-0.05, 0) is 37.6 Å². The fourth-order valence-corrected chi connectivity index (χ4v) is 2.63. The Morgan fingerprint density at radius 1 is 1.21 bits per heavy atom. The number of amides is 2. The quantitative estimate of drug-likeness (QED) is 0.599. The van der Waals surface area contributed by atoms with Gasteiger partial charge in [0.25, 0.3) is 11.8 Å². The van der Waals surface area contributed by atoms with E-state index in [0.717, 1.165) is 28.4 Å². The number of carbonyl (C=O) groups is 2. The van der Waals surface area contributed by atoms with Gasteiger partial charge in [-0.3, -0.25) is 14.5 Å². The summed E-state index contributed by atoms with van der Waals surface area (Å²) < 4.78 is 0. The molecule has 0 unspecified atom stereocenters. The Labute approximate surface area is 141 Å². The van der Waals surface area contributed by atoms with Gasteiger partial charge in [0, 0.05) is 30.5 Å². The third-order valence-corrected chi connectivity index (χ3v) is 3.93. The van der Waals surface area contributed by atoms with Gasteiger partial charge in [0.1, 0.15) is 5.70 Å². The molecule has 24 heavy (non-hydrogen) atoms. The Hall–Kier alpha value is -2.38. The number of anilines is 2. The number of benzene rings is 1. The Balaban J connectivity index is 2.15. The first-order valence-electron chi connectivity index (χ1n) is 7.93. The van der Waals surface area contributed by atoms with Crippen LogP contribution in [0.4, 0.5) is 11.4 Å². The second kappa shape index (κ2) is 7.94. The molecule has 0 radical (unpaired) electrons. The number of β-amino-alcohol motifs (C(OH)–C–C–N with tert-alkyl or cyclic N) is 1. The first kappa shape index (κ1) is 18.0. The van der Waals surface area contributed by atoms with Gasteiger partial charge in [0.15, 0.2) is 0 Å². The number of rotatable bonds is 8. The minimum atomic E-state index is -0.437. The largest absolute Gasteiger partial charge is 0.395 e. The molecule has 7 nitrogen and oxygen atoms in total. The van der Waals surface area contributed by atoms with Crippen LogP contribution in [0.2, 0.25) is 0 Å². The zero-order valence-corrected chi connectivity index (χ0v) is 14.0. The van der Waals surface area contributed by atoms with Gasteiger partial charge in [0.05, 0.1) is 19.8 Å². The maximum Gasteiger partial charge on any atom is 0.277 e. The Kier molecular flexibility index (Phi) is 5.94. The molecule has 0 spiro atoms. The van der Waals surface area contributed by atoms with Crippen molar-refractivity contribution < 1.29 is 19.8 Å². The highest BCUT2D eigenvalue weighted by Crippen LogP contribution is 2.25. The van der Waals surface area contributed by atoms with Gasteiger partial charge in [-0.1, -0.05) is 0 Å². The van der Waals surface area contributed by atoms with Crippen LogP contribution in [0.15, 0.2) is 30.0 Å². The van der Waals surface area contributed by atoms with Crippen molar-refractivity contribution in [1.29, 1.82) is 0 Å². The lowest BCUT2D eigenvalue weighted by Crippen LogP contribution is -2.34. The van der Waals surface area contributed by atoms with Crippen molar-refractivity contribution in [3.8, 4) is 0 Å². The SMILES string of the molecule is CCN(CCO)c1ccc(NC2=CC(=O)N(CCO)C2=O)c(C)c1. The molecule has 7 heteroatoms. The van der Waals surface area contributed by atoms with E-state index in [1.807, 2.05) is 36.9 Å². The van der Waals surface area contributed by atoms with Crippen LogP contribution in [0.1, 0.15) is 12.5 Å². The van der Waals surface area contributed by atoms with E-state index in [1.165, 1.54) is 6.08 Å². The van der Waals surface area contributed by atoms with Crippen LogP contribution in [-0.2, 0) is 9.59 Å². The monoisotopic (exact) mass is 333 g/mol. The lowest BCUT2D eigenvalue weighted by molar-refractivity contribution is -0.137. The normalized spacial score (nSPS) is 14.2. The minimum absolute atomic E-state index is 0.0100. The highest BCUT2D eigenvalue weighted by atomic mass is 16.3. The molecule has 2 rings (SSSR count). The lowest BCUT2D eigenvalue weighted by atomic mass is 10.1. The summed E-state index contributed by atoms with van der Waals surface area (Å²) in [6.07, 6.45) is 1.25. The van der Waals surface area contributed by atoms with E-state index in [1.54, 1.807) is 0 Å². The summed E-state index contributed by atoms with van der Waals surface area (Å²) in [7, 11) is 0. The number of aliphatic hydroxyl groups excluding tert-OH is 2. The number of hydrogen-bond donors (Lipinski definition) is 3. The minimum Gasteiger partial charge on any atom is -0.395 e. The van der Waals surface area contributed by atoms with Crippen molar-refractivity contribution in [3.05, 3.63) is 35.5 Å². The topological polar surface area (TPSA) is 93.1 Å². The predicted octanol–water partition coefficient (Wildman–Crippen LogP) is 0.471. The van der Waals surface area contributed by atoms with Gasteiger partial charge < -0.3 is 20.4 Å². The summed E-state index contributed by atoms with van der Waals surface area (Å²) >= 11 is 0. The molecule has 0 aromatic heterocycles. The molecule has 1 aromatic rings. The summed E-state index contributed by atoms with van der Waals surface area (Å²) in [5, 5.41) is 21.0. The summed E-state index contributed by atoms with van der Waals surface area (Å²) in [4.78, 5) is 27.0. The lowest BCUT2D eigenvalue weighted by Gasteiger charge is -2.23. The number of nitrogens with one attached hydrogen (secondary N) is 1. The molecule has 1 aliphatic heterocycles. The van der Waals surface area contributed by atoms with E-state index in [9.17, 15) is 9.59 Å². The molecule has 0 bridgehead atoms. The van der Waals surface area contributed by atoms with E-state index in [2.05, 4.69) is 5.32 Å². The second-order valence-electron chi connectivity index (χ2n) is 5.50. The van der Waals surface area contributed by atoms with Crippen LogP contribution in [-0.4, -0.2) is 59.8 Å². The highest BCUT2D eigenvalue weighted by Gasteiger charge is 2.30. The van der Waals surface area contributed by atoms with Crippen molar-refractivity contribution in [3.63, 3.8) is 0 Å². The van der Waals surface area contributed by atoms with Gasteiger partial charge in [-0.2, -0.15) is 0 Å². The fraction of sp³-hybridized carbons (Fsp3) is 0.412. The molecule has 0 saturated heterocycles. The molecular formula is C17H23N3O4. The maximum absolute atomic E-state index is 12.2. The van der Waals surface area contributed by atoms with Crippen molar-refractivity contribution in [1.82, 2.24) is 4.90 Å². The van der Waals surface area contributed by atoms with Crippen molar-refractivity contribution in [2.45, 2.75) is 13.8 Å². The molecule has 130 valence electrons. The molecule has 0 atom stereocenters. The fourth-order valence-electron chi connectivity index (χ4n) is 2.63. The van der Waals surface area contributed by atoms with Crippen LogP contribution in [0.25, 0.3) is 0 Å². The second-order valence-corrected chi connectivity index (χ2v) is 5.50. The predicted molar refractivity (Wildman–Crippen MR) is 91.7 cm³/mol. The Morgan fingerprint density at radius 3 is 2.54 bits per heavy atom. The molecule has 0 fully saturated rings. The van der Waals surface area contributed by atoms with Crippen LogP contribution in [0, 0.1) is 6.92 Å². The van der Waals surface area contributed by atoms with Crippen LogP contribution in [0.3, 0.4) is 0 Å². The number of aryl methyl sites for hydroxylation is 1.